The first-order valence-electron chi connectivity index (χ1n) is 6.39. The van der Waals surface area contributed by atoms with E-state index >= 15 is 0 Å². The van der Waals surface area contributed by atoms with Crippen LogP contribution in [0.5, 0.6) is 0 Å². The first kappa shape index (κ1) is 12.1. The number of aryl methyl sites for hydroxylation is 1. The molecule has 1 heteroatoms. The van der Waals surface area contributed by atoms with Crippen LogP contribution in [0.3, 0.4) is 0 Å². The van der Waals surface area contributed by atoms with Crippen LogP contribution in [0.15, 0.2) is 72.8 Å². The van der Waals surface area contributed by atoms with Gasteiger partial charge in [0, 0.05) is 18.1 Å². The van der Waals surface area contributed by atoms with Crippen molar-refractivity contribution >= 4 is 11.3 Å². The van der Waals surface area contributed by atoms with Crippen molar-refractivity contribution in [3.05, 3.63) is 77.7 Å². The molecule has 1 aromatic heterocycles. The highest BCUT2D eigenvalue weighted by molar-refractivity contribution is 7.15. The van der Waals surface area contributed by atoms with E-state index in [2.05, 4.69) is 79.7 Å². The molecule has 0 saturated heterocycles. The summed E-state index contributed by atoms with van der Waals surface area (Å²) in [6.07, 6.45) is 0. The van der Waals surface area contributed by atoms with E-state index in [1.165, 1.54) is 26.4 Å². The summed E-state index contributed by atoms with van der Waals surface area (Å²) < 4.78 is 0. The standard InChI is InChI=1S/C18H15S/c1-14-12-13-17(15-8-4-2-5-9-15)18(19-14)16-10-6-3-7-11-16/h2-13H,1H3/q+1. The van der Waals surface area contributed by atoms with Crippen molar-refractivity contribution in [3.63, 3.8) is 0 Å². The molecular weight excluding hydrogens is 248 g/mol. The second-order valence-corrected chi connectivity index (χ2v) is 5.78. The van der Waals surface area contributed by atoms with Gasteiger partial charge in [-0.15, -0.1) is 0 Å². The normalized spacial score (nSPS) is 10.4. The fraction of sp³-hybridized carbons (Fsp3) is 0.0556. The molecule has 3 aromatic rings. The summed E-state index contributed by atoms with van der Waals surface area (Å²) >= 11 is 1.85. The maximum absolute atomic E-state index is 2.23. The largest absolute Gasteiger partial charge is 0.246 e. The second-order valence-electron chi connectivity index (χ2n) is 4.52. The minimum Gasteiger partial charge on any atom is -0.0622 e. The molecule has 0 spiro atoms. The van der Waals surface area contributed by atoms with Gasteiger partial charge >= 0.3 is 0 Å². The highest BCUT2D eigenvalue weighted by Crippen LogP contribution is 2.36. The monoisotopic (exact) mass is 263 g/mol. The summed E-state index contributed by atoms with van der Waals surface area (Å²) in [6, 6.07) is 25.6. The molecule has 0 nitrogen and oxygen atoms in total. The highest BCUT2D eigenvalue weighted by atomic mass is 32.1. The van der Waals surface area contributed by atoms with Crippen LogP contribution in [-0.2, 0) is 0 Å². The minimum atomic E-state index is 1.28. The Morgan fingerprint density at radius 1 is 0.632 bits per heavy atom. The van der Waals surface area contributed by atoms with Gasteiger partial charge in [0.2, 0.25) is 21.1 Å². The molecular formula is C18H15S+. The van der Waals surface area contributed by atoms with Crippen LogP contribution in [0.2, 0.25) is 0 Å². The third kappa shape index (κ3) is 2.56. The Morgan fingerprint density at radius 2 is 1.21 bits per heavy atom. The van der Waals surface area contributed by atoms with Crippen LogP contribution in [0.1, 0.15) is 4.88 Å². The first-order chi connectivity index (χ1) is 9.34. The van der Waals surface area contributed by atoms with E-state index in [0.717, 1.165) is 0 Å². The Balaban J connectivity index is 2.21. The molecule has 0 radical (unpaired) electrons. The maximum Gasteiger partial charge on any atom is 0.246 e. The van der Waals surface area contributed by atoms with Gasteiger partial charge in [0.05, 0.1) is 0 Å². The van der Waals surface area contributed by atoms with Gasteiger partial charge in [0.1, 0.15) is 0 Å². The van der Waals surface area contributed by atoms with Crippen molar-refractivity contribution in [2.75, 3.05) is 0 Å². The van der Waals surface area contributed by atoms with Crippen LogP contribution in [-0.4, -0.2) is 0 Å². The highest BCUT2D eigenvalue weighted by Gasteiger charge is 2.18. The predicted octanol–water partition coefficient (Wildman–Crippen LogP) is 5.67. The van der Waals surface area contributed by atoms with Crippen molar-refractivity contribution < 1.29 is 0 Å². The van der Waals surface area contributed by atoms with E-state index in [-0.39, 0.29) is 0 Å². The lowest BCUT2D eigenvalue weighted by Gasteiger charge is -2.02. The summed E-state index contributed by atoms with van der Waals surface area (Å²) in [6.45, 7) is 2.16. The van der Waals surface area contributed by atoms with E-state index in [1.54, 1.807) is 0 Å². The molecule has 0 bridgehead atoms. The van der Waals surface area contributed by atoms with Gasteiger partial charge in [-0.05, 0) is 29.8 Å². The summed E-state index contributed by atoms with van der Waals surface area (Å²) in [7, 11) is 0. The van der Waals surface area contributed by atoms with Crippen LogP contribution >= 0.6 is 11.3 Å². The van der Waals surface area contributed by atoms with Crippen molar-refractivity contribution in [1.29, 1.82) is 0 Å². The zero-order valence-corrected chi connectivity index (χ0v) is 11.7. The molecule has 0 amide bonds. The molecule has 0 N–H and O–H groups in total. The second kappa shape index (κ2) is 5.33. The Hall–Kier alpha value is -1.99. The average molecular weight is 263 g/mol. The van der Waals surface area contributed by atoms with Crippen molar-refractivity contribution in [3.8, 4) is 21.6 Å². The van der Waals surface area contributed by atoms with Gasteiger partial charge in [-0.25, -0.2) is 0 Å². The topological polar surface area (TPSA) is 0 Å². The van der Waals surface area contributed by atoms with Crippen LogP contribution in [0.25, 0.3) is 21.6 Å². The van der Waals surface area contributed by atoms with Gasteiger partial charge in [-0.2, -0.15) is 0 Å². The van der Waals surface area contributed by atoms with Crippen LogP contribution in [0, 0.1) is 6.92 Å². The van der Waals surface area contributed by atoms with Crippen molar-refractivity contribution in [2.24, 2.45) is 0 Å². The Kier molecular flexibility index (Phi) is 3.39. The van der Waals surface area contributed by atoms with E-state index in [0.29, 0.717) is 0 Å². The van der Waals surface area contributed by atoms with Gasteiger partial charge in [0.15, 0.2) is 0 Å². The molecule has 0 aliphatic carbocycles. The van der Waals surface area contributed by atoms with E-state index in [4.69, 9.17) is 0 Å². The number of benzene rings is 2. The van der Waals surface area contributed by atoms with Crippen molar-refractivity contribution in [2.45, 2.75) is 6.92 Å². The Morgan fingerprint density at radius 3 is 1.84 bits per heavy atom. The number of hydrogen-bond donors (Lipinski definition) is 0. The third-order valence-corrected chi connectivity index (χ3v) is 4.23. The Bertz CT molecular complexity index is 673. The molecule has 0 unspecified atom stereocenters. The number of hydrogen-bond acceptors (Lipinski definition) is 0. The first-order valence-corrected chi connectivity index (χ1v) is 7.21. The number of rotatable bonds is 2. The molecule has 0 saturated carbocycles. The molecule has 0 fully saturated rings. The van der Waals surface area contributed by atoms with Crippen molar-refractivity contribution in [1.82, 2.24) is 0 Å². The average Bonchev–Trinajstić information content (AvgIpc) is 2.49. The maximum atomic E-state index is 2.23. The fourth-order valence-electron chi connectivity index (χ4n) is 2.18. The molecule has 3 rings (SSSR count). The van der Waals surface area contributed by atoms with Gasteiger partial charge in [0.25, 0.3) is 0 Å². The fourth-order valence-corrected chi connectivity index (χ4v) is 3.18. The summed E-state index contributed by atoms with van der Waals surface area (Å²) in [4.78, 5) is 2.67. The van der Waals surface area contributed by atoms with Crippen LogP contribution < -0.4 is 0 Å². The summed E-state index contributed by atoms with van der Waals surface area (Å²) in [5, 5.41) is 0. The smallest absolute Gasteiger partial charge is 0.0622 e. The van der Waals surface area contributed by atoms with Gasteiger partial charge < -0.3 is 0 Å². The molecule has 2 aromatic carbocycles. The summed E-state index contributed by atoms with van der Waals surface area (Å²) in [5.74, 6) is 0. The third-order valence-electron chi connectivity index (χ3n) is 3.11. The molecule has 19 heavy (non-hydrogen) atoms. The van der Waals surface area contributed by atoms with E-state index in [9.17, 15) is 0 Å². The molecule has 92 valence electrons. The minimum absolute atomic E-state index is 1.28. The lowest BCUT2D eigenvalue weighted by atomic mass is 10.0. The quantitative estimate of drug-likeness (QED) is 0.522. The van der Waals surface area contributed by atoms with Crippen LogP contribution in [0.4, 0.5) is 0 Å². The molecule has 0 aliphatic heterocycles. The van der Waals surface area contributed by atoms with E-state index in [1.807, 2.05) is 11.3 Å². The van der Waals surface area contributed by atoms with Gasteiger partial charge in [-0.1, -0.05) is 48.5 Å². The van der Waals surface area contributed by atoms with Gasteiger partial charge in [-0.3, -0.25) is 0 Å². The molecule has 0 atom stereocenters. The Labute approximate surface area is 118 Å². The molecule has 1 heterocycles. The van der Waals surface area contributed by atoms with E-state index < -0.39 is 0 Å². The zero-order chi connectivity index (χ0) is 13.1. The SMILES string of the molecule is Cc1ccc(-c2ccccc2)c(-c2ccccc2)[s+]1. The molecule has 0 aliphatic rings. The zero-order valence-electron chi connectivity index (χ0n) is 10.8. The lowest BCUT2D eigenvalue weighted by Crippen LogP contribution is -1.83. The predicted molar refractivity (Wildman–Crippen MR) is 84.3 cm³/mol. The summed E-state index contributed by atoms with van der Waals surface area (Å²) in [5.41, 5.74) is 3.87. The lowest BCUT2D eigenvalue weighted by molar-refractivity contribution is 1.58.